The van der Waals surface area contributed by atoms with Crippen molar-refractivity contribution < 1.29 is 40.9 Å². The maximum atomic E-state index is 10.2. The lowest BCUT2D eigenvalue weighted by Gasteiger charge is -2.44. The van der Waals surface area contributed by atoms with E-state index < -0.39 is 24.4 Å². The smallest absolute Gasteiger partial charge is 0.0830 e. The van der Waals surface area contributed by atoms with Crippen LogP contribution >= 0.6 is 0 Å². The molecule has 4 rings (SSSR count). The normalized spacial score (nSPS) is 38.6. The lowest BCUT2D eigenvalue weighted by Crippen LogP contribution is -2.45. The number of aliphatic hydroxyl groups excluding tert-OH is 8. The fourth-order valence-corrected chi connectivity index (χ4v) is 9.09. The van der Waals surface area contributed by atoms with Gasteiger partial charge in [0.15, 0.2) is 0 Å². The van der Waals surface area contributed by atoms with Gasteiger partial charge in [0.05, 0.1) is 50.8 Å². The van der Waals surface area contributed by atoms with Crippen LogP contribution in [0, 0.1) is 45.3 Å². The Balaban J connectivity index is 0.000000373. The number of hydrogen-bond donors (Lipinski definition) is 8. The highest BCUT2D eigenvalue weighted by Crippen LogP contribution is 2.47. The van der Waals surface area contributed by atoms with Crippen LogP contribution in [0.4, 0.5) is 0 Å². The van der Waals surface area contributed by atoms with Crippen LogP contribution in [0.3, 0.4) is 0 Å². The lowest BCUT2D eigenvalue weighted by molar-refractivity contribution is -0.0408. The highest BCUT2D eigenvalue weighted by molar-refractivity contribution is 5.24. The molecule has 0 saturated heterocycles. The molecule has 0 aliphatic heterocycles. The van der Waals surface area contributed by atoms with Crippen molar-refractivity contribution in [2.75, 3.05) is 26.4 Å². The molecular formula is C48H88O8. The Bertz CT molecular complexity index is 1170. The van der Waals surface area contributed by atoms with Gasteiger partial charge in [-0.2, -0.15) is 0 Å². The third-order valence-electron chi connectivity index (χ3n) is 15.6. The zero-order valence-electron chi connectivity index (χ0n) is 38.7. The van der Waals surface area contributed by atoms with E-state index in [9.17, 15) is 40.9 Å². The Labute approximate surface area is 342 Å². The molecular weight excluding hydrogens is 705 g/mol. The zero-order chi connectivity index (χ0) is 43.7. The van der Waals surface area contributed by atoms with Crippen molar-refractivity contribution in [3.05, 3.63) is 44.6 Å². The molecule has 0 unspecified atom stereocenters. The van der Waals surface area contributed by atoms with Crippen LogP contribution in [0.25, 0.3) is 0 Å². The van der Waals surface area contributed by atoms with E-state index in [0.717, 1.165) is 73.7 Å². The van der Waals surface area contributed by atoms with Gasteiger partial charge in [-0.1, -0.05) is 77.7 Å². The molecule has 4 saturated carbocycles. The molecule has 328 valence electrons. The van der Waals surface area contributed by atoms with Gasteiger partial charge in [0.1, 0.15) is 0 Å². The fraction of sp³-hybridized carbons (Fsp3) is 0.833. The van der Waals surface area contributed by atoms with Gasteiger partial charge in [-0.25, -0.2) is 0 Å². The molecule has 0 bridgehead atoms. The van der Waals surface area contributed by atoms with Crippen LogP contribution in [0.2, 0.25) is 0 Å². The van der Waals surface area contributed by atoms with E-state index in [-0.39, 0.29) is 48.1 Å². The molecule has 56 heavy (non-hydrogen) atoms. The number of allylic oxidation sites excluding steroid dienone is 4. The van der Waals surface area contributed by atoms with Gasteiger partial charge in [-0.05, 0) is 153 Å². The van der Waals surface area contributed by atoms with E-state index in [4.69, 9.17) is 0 Å². The summed E-state index contributed by atoms with van der Waals surface area (Å²) in [4.78, 5) is 0. The van der Waals surface area contributed by atoms with Gasteiger partial charge in [-0.3, -0.25) is 0 Å². The molecule has 0 heterocycles. The van der Waals surface area contributed by atoms with Crippen molar-refractivity contribution in [3.63, 3.8) is 0 Å². The van der Waals surface area contributed by atoms with Crippen molar-refractivity contribution in [2.45, 2.75) is 187 Å². The van der Waals surface area contributed by atoms with Gasteiger partial charge >= 0.3 is 0 Å². The molecule has 8 heteroatoms. The van der Waals surface area contributed by atoms with Crippen molar-refractivity contribution in [2.24, 2.45) is 45.3 Å². The monoisotopic (exact) mass is 793 g/mol. The number of rotatable bonds is 4. The van der Waals surface area contributed by atoms with Crippen LogP contribution in [-0.2, 0) is 0 Å². The molecule has 0 amide bonds. The van der Waals surface area contributed by atoms with E-state index in [1.54, 1.807) is 0 Å². The summed E-state index contributed by atoms with van der Waals surface area (Å²) in [5.41, 5.74) is 7.87. The van der Waals surface area contributed by atoms with E-state index in [2.05, 4.69) is 27.7 Å². The van der Waals surface area contributed by atoms with E-state index in [0.29, 0.717) is 23.7 Å². The summed E-state index contributed by atoms with van der Waals surface area (Å²) in [6.45, 7) is 32.9. The Hall–Kier alpha value is -1.36. The zero-order valence-corrected chi connectivity index (χ0v) is 38.7. The Kier molecular flexibility index (Phi) is 20.5. The third-order valence-corrected chi connectivity index (χ3v) is 15.6. The molecule has 4 aliphatic rings. The summed E-state index contributed by atoms with van der Waals surface area (Å²) in [5, 5.41) is 78.5. The van der Waals surface area contributed by atoms with Crippen molar-refractivity contribution in [3.8, 4) is 0 Å². The van der Waals surface area contributed by atoms with E-state index in [1.807, 2.05) is 83.1 Å². The van der Waals surface area contributed by atoms with Gasteiger partial charge in [-0.15, -0.1) is 0 Å². The van der Waals surface area contributed by atoms with Crippen LogP contribution in [0.15, 0.2) is 44.6 Å². The third kappa shape index (κ3) is 11.5. The Morgan fingerprint density at radius 3 is 0.625 bits per heavy atom. The van der Waals surface area contributed by atoms with Crippen LogP contribution in [-0.4, -0.2) is 91.7 Å². The SMILES string of the molecule is CC(C)=C1CC[C@@H](C)[C@@](C)(CO)[C@H]1O.CC(C)=C1CC[C@@H](C)[C@@](C)(CO)[C@H]1O.CC(C)=C1CC[C@@H](C)[C@@](C)(CO)[C@H]1O.CC(C)=C1CC[C@@H](C)[C@@](C)(CO)[C@H]1O. The summed E-state index contributed by atoms with van der Waals surface area (Å²) in [5.74, 6) is 1.52. The molecule has 8 N–H and O–H groups in total. The van der Waals surface area contributed by atoms with Crippen molar-refractivity contribution >= 4 is 0 Å². The predicted molar refractivity (Wildman–Crippen MR) is 232 cm³/mol. The summed E-state index contributed by atoms with van der Waals surface area (Å²) in [7, 11) is 0. The number of hydrogen-bond acceptors (Lipinski definition) is 8. The highest BCUT2D eigenvalue weighted by atomic mass is 16.3. The van der Waals surface area contributed by atoms with E-state index in [1.165, 1.54) is 22.3 Å². The molecule has 12 atom stereocenters. The molecule has 0 aromatic rings. The molecule has 0 spiro atoms. The Morgan fingerprint density at radius 2 is 0.518 bits per heavy atom. The summed E-state index contributed by atoms with van der Waals surface area (Å²) >= 11 is 0. The van der Waals surface area contributed by atoms with Gasteiger partial charge in [0.25, 0.3) is 0 Å². The van der Waals surface area contributed by atoms with Crippen LogP contribution < -0.4 is 0 Å². The Morgan fingerprint density at radius 1 is 0.375 bits per heavy atom. The molecule has 4 fully saturated rings. The average Bonchev–Trinajstić information content (AvgIpc) is 3.14. The van der Waals surface area contributed by atoms with Crippen LogP contribution in [0.5, 0.6) is 0 Å². The topological polar surface area (TPSA) is 162 Å². The van der Waals surface area contributed by atoms with Crippen molar-refractivity contribution in [1.82, 2.24) is 0 Å². The first-order valence-corrected chi connectivity index (χ1v) is 21.5. The molecule has 0 aromatic heterocycles. The molecule has 0 radical (unpaired) electrons. The second-order valence-corrected chi connectivity index (χ2v) is 20.1. The second-order valence-electron chi connectivity index (χ2n) is 20.1. The first-order chi connectivity index (χ1) is 25.7. The molecule has 8 nitrogen and oxygen atoms in total. The van der Waals surface area contributed by atoms with Gasteiger partial charge in [0, 0.05) is 21.7 Å². The largest absolute Gasteiger partial charge is 0.396 e. The second kappa shape index (κ2) is 21.8. The minimum Gasteiger partial charge on any atom is -0.396 e. The average molecular weight is 793 g/mol. The predicted octanol–water partition coefficient (Wildman–Crippen LogP) is 8.45. The summed E-state index contributed by atoms with van der Waals surface area (Å²) < 4.78 is 0. The first-order valence-electron chi connectivity index (χ1n) is 21.5. The van der Waals surface area contributed by atoms with Gasteiger partial charge < -0.3 is 40.9 Å². The van der Waals surface area contributed by atoms with E-state index >= 15 is 0 Å². The maximum absolute atomic E-state index is 10.2. The summed E-state index contributed by atoms with van der Waals surface area (Å²) in [6, 6.07) is 0. The highest BCUT2D eigenvalue weighted by Gasteiger charge is 2.46. The number of aliphatic hydroxyl groups is 8. The maximum Gasteiger partial charge on any atom is 0.0830 e. The molecule has 4 aliphatic carbocycles. The minimum absolute atomic E-state index is 0.0616. The standard InChI is InChI=1S/4C12H22O2/c4*1-8(2)10-6-5-9(3)12(4,7-13)11(10)14/h4*9,11,13-14H,5-7H2,1-4H3/t4*9-,11+,12-/m1111/s1. The first kappa shape index (κ1) is 52.7. The van der Waals surface area contributed by atoms with Gasteiger partial charge in [0.2, 0.25) is 0 Å². The minimum atomic E-state index is -0.471. The summed E-state index contributed by atoms with van der Waals surface area (Å²) in [6.07, 6.45) is 6.26. The quantitative estimate of drug-likeness (QED) is 0.132. The van der Waals surface area contributed by atoms with Crippen molar-refractivity contribution in [1.29, 1.82) is 0 Å². The van der Waals surface area contributed by atoms with Crippen LogP contribution in [0.1, 0.15) is 162 Å². The molecule has 0 aromatic carbocycles. The lowest BCUT2D eigenvalue weighted by atomic mass is 9.64. The fourth-order valence-electron chi connectivity index (χ4n) is 9.09.